The molecule has 2 rings (SSSR count). The minimum Gasteiger partial charge on any atom is -0.497 e. The van der Waals surface area contributed by atoms with Crippen molar-refractivity contribution < 1.29 is 9.84 Å². The van der Waals surface area contributed by atoms with Crippen molar-refractivity contribution >= 4 is 11.3 Å². The van der Waals surface area contributed by atoms with Gasteiger partial charge in [-0.25, -0.2) is 0 Å². The lowest BCUT2D eigenvalue weighted by Gasteiger charge is -2.22. The number of benzene rings is 1. The van der Waals surface area contributed by atoms with E-state index in [1.54, 1.807) is 18.4 Å². The van der Waals surface area contributed by atoms with Crippen LogP contribution in [0.2, 0.25) is 0 Å². The van der Waals surface area contributed by atoms with Gasteiger partial charge in [-0.05, 0) is 41.1 Å². The van der Waals surface area contributed by atoms with Crippen LogP contribution in [-0.2, 0) is 6.42 Å². The van der Waals surface area contributed by atoms with E-state index in [1.165, 1.54) is 5.56 Å². The second-order valence-electron chi connectivity index (χ2n) is 4.73. The molecule has 0 aliphatic carbocycles. The maximum Gasteiger partial charge on any atom is 0.119 e. The summed E-state index contributed by atoms with van der Waals surface area (Å²) < 4.78 is 5.25. The molecule has 2 atom stereocenters. The van der Waals surface area contributed by atoms with Crippen molar-refractivity contribution in [2.75, 3.05) is 13.7 Å². The first kappa shape index (κ1) is 15.0. The lowest BCUT2D eigenvalue weighted by Crippen LogP contribution is -2.20. The van der Waals surface area contributed by atoms with Gasteiger partial charge in [-0.1, -0.05) is 19.1 Å². The number of hydrogen-bond donors (Lipinski definition) is 2. The number of aryl methyl sites for hydroxylation is 1. The van der Waals surface area contributed by atoms with Gasteiger partial charge in [0.2, 0.25) is 0 Å². The van der Waals surface area contributed by atoms with E-state index in [2.05, 4.69) is 13.0 Å². The van der Waals surface area contributed by atoms with E-state index < -0.39 is 6.10 Å². The van der Waals surface area contributed by atoms with Gasteiger partial charge in [-0.2, -0.15) is 0 Å². The lowest BCUT2D eigenvalue weighted by atomic mass is 9.91. The van der Waals surface area contributed by atoms with E-state index in [4.69, 9.17) is 10.5 Å². The Bertz CT molecular complexity index is 553. The Morgan fingerprint density at radius 3 is 2.80 bits per heavy atom. The molecule has 0 fully saturated rings. The average molecular weight is 291 g/mol. The van der Waals surface area contributed by atoms with Crippen LogP contribution in [0.15, 0.2) is 35.7 Å². The zero-order valence-electron chi connectivity index (χ0n) is 11.9. The van der Waals surface area contributed by atoms with E-state index in [9.17, 15) is 5.11 Å². The molecule has 20 heavy (non-hydrogen) atoms. The van der Waals surface area contributed by atoms with Gasteiger partial charge >= 0.3 is 0 Å². The van der Waals surface area contributed by atoms with Crippen LogP contribution in [0.25, 0.3) is 0 Å². The smallest absolute Gasteiger partial charge is 0.119 e. The van der Waals surface area contributed by atoms with Crippen LogP contribution < -0.4 is 10.5 Å². The third kappa shape index (κ3) is 3.03. The summed E-state index contributed by atoms with van der Waals surface area (Å²) in [4.78, 5) is 1.02. The van der Waals surface area contributed by atoms with Crippen molar-refractivity contribution in [3.05, 3.63) is 51.7 Å². The summed E-state index contributed by atoms with van der Waals surface area (Å²) in [5, 5.41) is 12.7. The molecule has 0 radical (unpaired) electrons. The SMILES string of the molecule is CCc1ccsc1C(O)C(CN)c1cccc(OC)c1. The summed E-state index contributed by atoms with van der Waals surface area (Å²) in [6.45, 7) is 2.50. The minimum absolute atomic E-state index is 0.117. The van der Waals surface area contributed by atoms with Crippen LogP contribution in [0.1, 0.15) is 34.9 Å². The van der Waals surface area contributed by atoms with Gasteiger partial charge in [-0.15, -0.1) is 11.3 Å². The third-order valence-electron chi connectivity index (χ3n) is 3.59. The molecule has 0 saturated carbocycles. The zero-order chi connectivity index (χ0) is 14.5. The largest absolute Gasteiger partial charge is 0.497 e. The summed E-state index contributed by atoms with van der Waals surface area (Å²) in [5.74, 6) is 0.670. The molecular formula is C16H21NO2S. The zero-order valence-corrected chi connectivity index (χ0v) is 12.7. The highest BCUT2D eigenvalue weighted by Gasteiger charge is 2.24. The monoisotopic (exact) mass is 291 g/mol. The highest BCUT2D eigenvalue weighted by Crippen LogP contribution is 2.36. The molecule has 1 aromatic carbocycles. The maximum atomic E-state index is 10.7. The minimum atomic E-state index is -0.568. The second kappa shape index (κ2) is 6.88. The molecule has 0 aliphatic heterocycles. The topological polar surface area (TPSA) is 55.5 Å². The van der Waals surface area contributed by atoms with E-state index in [1.807, 2.05) is 29.6 Å². The molecule has 4 heteroatoms. The van der Waals surface area contributed by atoms with Gasteiger partial charge in [-0.3, -0.25) is 0 Å². The summed E-state index contributed by atoms with van der Waals surface area (Å²) in [5.41, 5.74) is 8.11. The molecule has 0 bridgehead atoms. The number of rotatable bonds is 6. The van der Waals surface area contributed by atoms with E-state index >= 15 is 0 Å². The van der Waals surface area contributed by atoms with Gasteiger partial charge in [0.1, 0.15) is 5.75 Å². The van der Waals surface area contributed by atoms with Crippen LogP contribution in [0.5, 0.6) is 5.75 Å². The Kier molecular flexibility index (Phi) is 5.17. The predicted octanol–water partition coefficient (Wildman–Crippen LogP) is 3.10. The molecule has 1 heterocycles. The van der Waals surface area contributed by atoms with Crippen molar-refractivity contribution in [2.45, 2.75) is 25.4 Å². The number of hydrogen-bond acceptors (Lipinski definition) is 4. The fraction of sp³-hybridized carbons (Fsp3) is 0.375. The predicted molar refractivity (Wildman–Crippen MR) is 83.4 cm³/mol. The quantitative estimate of drug-likeness (QED) is 0.860. The molecular weight excluding hydrogens is 270 g/mol. The summed E-state index contributed by atoms with van der Waals surface area (Å²) in [7, 11) is 1.64. The number of thiophene rings is 1. The fourth-order valence-corrected chi connectivity index (χ4v) is 3.45. The van der Waals surface area contributed by atoms with Crippen LogP contribution >= 0.6 is 11.3 Å². The average Bonchev–Trinajstić information content (AvgIpc) is 2.96. The van der Waals surface area contributed by atoms with Crippen LogP contribution in [0.3, 0.4) is 0 Å². The normalized spacial score (nSPS) is 14.0. The highest BCUT2D eigenvalue weighted by molar-refractivity contribution is 7.10. The molecule has 0 amide bonds. The van der Waals surface area contributed by atoms with E-state index in [0.717, 1.165) is 22.6 Å². The Morgan fingerprint density at radius 1 is 1.35 bits per heavy atom. The summed E-state index contributed by atoms with van der Waals surface area (Å²) >= 11 is 1.59. The summed E-state index contributed by atoms with van der Waals surface area (Å²) in [6, 6.07) is 9.83. The van der Waals surface area contributed by atoms with Gasteiger partial charge < -0.3 is 15.6 Å². The molecule has 1 aromatic heterocycles. The van der Waals surface area contributed by atoms with Crippen molar-refractivity contribution in [1.82, 2.24) is 0 Å². The molecule has 0 aliphatic rings. The first-order valence-electron chi connectivity index (χ1n) is 6.79. The van der Waals surface area contributed by atoms with Crippen LogP contribution in [0.4, 0.5) is 0 Å². The van der Waals surface area contributed by atoms with Gasteiger partial charge in [0.05, 0.1) is 13.2 Å². The van der Waals surface area contributed by atoms with Crippen molar-refractivity contribution in [1.29, 1.82) is 0 Å². The number of ether oxygens (including phenoxy) is 1. The summed E-state index contributed by atoms with van der Waals surface area (Å²) in [6.07, 6.45) is 0.354. The second-order valence-corrected chi connectivity index (χ2v) is 5.67. The molecule has 0 spiro atoms. The van der Waals surface area contributed by atoms with Gasteiger partial charge in [0.15, 0.2) is 0 Å². The standard InChI is InChI=1S/C16H21NO2S/c1-3-11-7-8-20-16(11)15(18)14(10-17)12-5-4-6-13(9-12)19-2/h4-9,14-15,18H,3,10,17H2,1-2H3. The van der Waals surface area contributed by atoms with Crippen molar-refractivity contribution in [2.24, 2.45) is 5.73 Å². The Morgan fingerprint density at radius 2 is 2.15 bits per heavy atom. The number of methoxy groups -OCH3 is 1. The van der Waals surface area contributed by atoms with E-state index in [-0.39, 0.29) is 5.92 Å². The van der Waals surface area contributed by atoms with Gasteiger partial charge in [0.25, 0.3) is 0 Å². The van der Waals surface area contributed by atoms with Crippen molar-refractivity contribution in [3.63, 3.8) is 0 Å². The first-order chi connectivity index (χ1) is 9.71. The van der Waals surface area contributed by atoms with Crippen molar-refractivity contribution in [3.8, 4) is 5.75 Å². The highest BCUT2D eigenvalue weighted by atomic mass is 32.1. The van der Waals surface area contributed by atoms with E-state index in [0.29, 0.717) is 6.54 Å². The first-order valence-corrected chi connectivity index (χ1v) is 7.67. The molecule has 2 unspecified atom stereocenters. The molecule has 108 valence electrons. The van der Waals surface area contributed by atoms with Crippen LogP contribution in [0, 0.1) is 0 Å². The third-order valence-corrected chi connectivity index (χ3v) is 4.62. The molecule has 2 aromatic rings. The van der Waals surface area contributed by atoms with Crippen LogP contribution in [-0.4, -0.2) is 18.8 Å². The maximum absolute atomic E-state index is 10.7. The Hall–Kier alpha value is -1.36. The molecule has 3 nitrogen and oxygen atoms in total. The number of aliphatic hydroxyl groups excluding tert-OH is 1. The fourth-order valence-electron chi connectivity index (χ4n) is 2.40. The lowest BCUT2D eigenvalue weighted by molar-refractivity contribution is 0.150. The van der Waals surface area contributed by atoms with Gasteiger partial charge in [0, 0.05) is 17.3 Å². The number of nitrogens with two attached hydrogens (primary N) is 1. The molecule has 3 N–H and O–H groups in total. The molecule has 0 saturated heterocycles. The number of aliphatic hydroxyl groups is 1. The Labute approximate surface area is 124 Å². The Balaban J connectivity index is 2.31.